The van der Waals surface area contributed by atoms with Crippen LogP contribution in [-0.4, -0.2) is 24.4 Å². The van der Waals surface area contributed by atoms with Crippen molar-refractivity contribution in [2.24, 2.45) is 0 Å². The Kier molecular flexibility index (Phi) is 3.45. The Morgan fingerprint density at radius 3 is 2.57 bits per heavy atom. The van der Waals surface area contributed by atoms with Crippen LogP contribution in [0.5, 0.6) is 5.75 Å². The van der Waals surface area contributed by atoms with Crippen LogP contribution in [0.1, 0.15) is 5.56 Å². The summed E-state index contributed by atoms with van der Waals surface area (Å²) in [5.41, 5.74) is 0.640. The van der Waals surface area contributed by atoms with Gasteiger partial charge in [0.15, 0.2) is 0 Å². The maximum Gasteiger partial charge on any atom is 0.340 e. The monoisotopic (exact) mass is 198 g/mol. The minimum absolute atomic E-state index is 0.0348. The van der Waals surface area contributed by atoms with Gasteiger partial charge in [-0.2, -0.15) is 0 Å². The Morgan fingerprint density at radius 1 is 1.50 bits per heavy atom. The van der Waals surface area contributed by atoms with Crippen LogP contribution in [0.25, 0.3) is 0 Å². The highest BCUT2D eigenvalue weighted by molar-refractivity contribution is 5.74. The molecule has 0 aliphatic rings. The average Bonchev–Trinajstić information content (AvgIpc) is 2.20. The zero-order valence-corrected chi connectivity index (χ0v) is 7.74. The third kappa shape index (κ3) is 2.73. The third-order valence-electron chi connectivity index (χ3n) is 1.81. The zero-order valence-electron chi connectivity index (χ0n) is 7.74. The van der Waals surface area contributed by atoms with Crippen LogP contribution in [0.2, 0.25) is 0 Å². The van der Waals surface area contributed by atoms with E-state index in [-0.39, 0.29) is 12.2 Å². The summed E-state index contributed by atoms with van der Waals surface area (Å²) < 4.78 is 17.3. The number of hydrogen-bond acceptors (Lipinski definition) is 3. The molecule has 0 bridgehead atoms. The van der Waals surface area contributed by atoms with Crippen molar-refractivity contribution in [2.75, 3.05) is 7.11 Å². The fourth-order valence-electron chi connectivity index (χ4n) is 1.05. The molecule has 1 aromatic rings. The van der Waals surface area contributed by atoms with Gasteiger partial charge < -0.3 is 9.84 Å². The molecule has 0 saturated carbocycles. The Bertz CT molecular complexity index is 308. The first-order valence-electron chi connectivity index (χ1n) is 4.13. The summed E-state index contributed by atoms with van der Waals surface area (Å²) in [4.78, 5) is 10.7. The quantitative estimate of drug-likeness (QED) is 0.747. The number of phenols is 1. The van der Waals surface area contributed by atoms with Crippen LogP contribution < -0.4 is 0 Å². The van der Waals surface area contributed by atoms with Gasteiger partial charge in [0.05, 0.1) is 7.11 Å². The summed E-state index contributed by atoms with van der Waals surface area (Å²) in [7, 11) is 1.14. The van der Waals surface area contributed by atoms with Gasteiger partial charge in [0.1, 0.15) is 5.75 Å². The highest BCUT2D eigenvalue weighted by Gasteiger charge is 2.17. The lowest BCUT2D eigenvalue weighted by Gasteiger charge is -2.05. The molecule has 0 spiro atoms. The summed E-state index contributed by atoms with van der Waals surface area (Å²) in [5, 5.41) is 8.96. The number of benzene rings is 1. The summed E-state index contributed by atoms with van der Waals surface area (Å²) >= 11 is 0. The van der Waals surface area contributed by atoms with E-state index >= 15 is 0 Å². The molecule has 1 N–H and O–H groups in total. The Balaban J connectivity index is 2.60. The molecule has 0 aliphatic heterocycles. The van der Waals surface area contributed by atoms with Crippen LogP contribution in [-0.2, 0) is 16.0 Å². The van der Waals surface area contributed by atoms with E-state index in [0.717, 1.165) is 7.11 Å². The number of aromatic hydroxyl groups is 1. The molecule has 76 valence electrons. The van der Waals surface area contributed by atoms with Gasteiger partial charge in [-0.05, 0) is 17.7 Å². The third-order valence-corrected chi connectivity index (χ3v) is 1.81. The van der Waals surface area contributed by atoms with E-state index in [2.05, 4.69) is 4.74 Å². The molecule has 0 saturated heterocycles. The van der Waals surface area contributed by atoms with Crippen molar-refractivity contribution in [3.63, 3.8) is 0 Å². The van der Waals surface area contributed by atoms with Crippen LogP contribution in [0.3, 0.4) is 0 Å². The lowest BCUT2D eigenvalue weighted by Crippen LogP contribution is -2.19. The topological polar surface area (TPSA) is 46.5 Å². The van der Waals surface area contributed by atoms with Crippen LogP contribution in [0.4, 0.5) is 4.39 Å². The largest absolute Gasteiger partial charge is 0.508 e. The minimum Gasteiger partial charge on any atom is -0.508 e. The predicted molar refractivity (Wildman–Crippen MR) is 48.7 cm³/mol. The molecule has 1 aromatic carbocycles. The smallest absolute Gasteiger partial charge is 0.340 e. The standard InChI is InChI=1S/C10H11FO3/c1-14-10(13)9(11)6-7-2-4-8(12)5-3-7/h2-5,9,12H,6H2,1H3/t9-/m0/s1. The van der Waals surface area contributed by atoms with E-state index in [0.29, 0.717) is 5.56 Å². The molecule has 0 fully saturated rings. The molecule has 0 heterocycles. The second kappa shape index (κ2) is 4.60. The van der Waals surface area contributed by atoms with Gasteiger partial charge in [-0.25, -0.2) is 9.18 Å². The van der Waals surface area contributed by atoms with E-state index in [1.807, 2.05) is 0 Å². The molecule has 4 heteroatoms. The van der Waals surface area contributed by atoms with Gasteiger partial charge in [0.25, 0.3) is 0 Å². The number of esters is 1. The van der Waals surface area contributed by atoms with E-state index in [4.69, 9.17) is 5.11 Å². The molecule has 0 aliphatic carbocycles. The maximum absolute atomic E-state index is 13.0. The van der Waals surface area contributed by atoms with Crippen molar-refractivity contribution < 1.29 is 19.0 Å². The van der Waals surface area contributed by atoms with Gasteiger partial charge in [0.2, 0.25) is 6.17 Å². The van der Waals surface area contributed by atoms with Gasteiger partial charge in [0, 0.05) is 6.42 Å². The number of alkyl halides is 1. The van der Waals surface area contributed by atoms with Gasteiger partial charge >= 0.3 is 5.97 Å². The first-order valence-corrected chi connectivity index (χ1v) is 4.13. The number of halogens is 1. The summed E-state index contributed by atoms with van der Waals surface area (Å²) in [6, 6.07) is 6.01. The Labute approximate surface area is 81.1 Å². The molecule has 3 nitrogen and oxygen atoms in total. The molecular weight excluding hydrogens is 187 g/mol. The number of rotatable bonds is 3. The van der Waals surface area contributed by atoms with Crippen molar-refractivity contribution in [1.29, 1.82) is 0 Å². The maximum atomic E-state index is 13.0. The zero-order chi connectivity index (χ0) is 10.6. The number of carbonyl (C=O) groups is 1. The fraction of sp³-hybridized carbons (Fsp3) is 0.300. The van der Waals surface area contributed by atoms with Crippen LogP contribution >= 0.6 is 0 Å². The van der Waals surface area contributed by atoms with E-state index < -0.39 is 12.1 Å². The second-order valence-corrected chi connectivity index (χ2v) is 2.86. The SMILES string of the molecule is COC(=O)[C@@H](F)Cc1ccc(O)cc1. The highest BCUT2D eigenvalue weighted by atomic mass is 19.1. The molecule has 1 atom stereocenters. The number of phenolic OH excluding ortho intramolecular Hbond substituents is 1. The van der Waals surface area contributed by atoms with Crippen molar-refractivity contribution in [1.82, 2.24) is 0 Å². The number of ether oxygens (including phenoxy) is 1. The van der Waals surface area contributed by atoms with Crippen molar-refractivity contribution >= 4 is 5.97 Å². The molecule has 1 rings (SSSR count). The first kappa shape index (κ1) is 10.5. The van der Waals surface area contributed by atoms with Gasteiger partial charge in [-0.1, -0.05) is 12.1 Å². The van der Waals surface area contributed by atoms with Gasteiger partial charge in [-0.15, -0.1) is 0 Å². The number of methoxy groups -OCH3 is 1. The summed E-state index contributed by atoms with van der Waals surface area (Å²) in [5.74, 6) is -0.764. The second-order valence-electron chi connectivity index (χ2n) is 2.86. The highest BCUT2D eigenvalue weighted by Crippen LogP contribution is 2.12. The molecular formula is C10H11FO3. The molecule has 0 radical (unpaired) electrons. The van der Waals surface area contributed by atoms with Crippen LogP contribution in [0, 0.1) is 0 Å². The van der Waals surface area contributed by atoms with E-state index in [1.54, 1.807) is 12.1 Å². The number of carbonyl (C=O) groups excluding carboxylic acids is 1. The lowest BCUT2D eigenvalue weighted by molar-refractivity contribution is -0.146. The lowest BCUT2D eigenvalue weighted by atomic mass is 10.1. The average molecular weight is 198 g/mol. The first-order chi connectivity index (χ1) is 6.63. The van der Waals surface area contributed by atoms with E-state index in [1.165, 1.54) is 12.1 Å². The molecule has 0 unspecified atom stereocenters. The Hall–Kier alpha value is -1.58. The molecule has 0 amide bonds. The molecule has 14 heavy (non-hydrogen) atoms. The van der Waals surface area contributed by atoms with Crippen molar-refractivity contribution in [3.05, 3.63) is 29.8 Å². The van der Waals surface area contributed by atoms with Crippen molar-refractivity contribution in [3.8, 4) is 5.75 Å². The normalized spacial score (nSPS) is 12.1. The van der Waals surface area contributed by atoms with Crippen molar-refractivity contribution in [2.45, 2.75) is 12.6 Å². The van der Waals surface area contributed by atoms with E-state index in [9.17, 15) is 9.18 Å². The minimum atomic E-state index is -1.65. The fourth-order valence-corrected chi connectivity index (χ4v) is 1.05. The Morgan fingerprint density at radius 2 is 2.07 bits per heavy atom. The summed E-state index contributed by atoms with van der Waals surface area (Å²) in [6.45, 7) is 0. The predicted octanol–water partition coefficient (Wildman–Crippen LogP) is 1.45. The molecule has 0 aromatic heterocycles. The number of hydrogen-bond donors (Lipinski definition) is 1. The van der Waals surface area contributed by atoms with Gasteiger partial charge in [-0.3, -0.25) is 0 Å². The van der Waals surface area contributed by atoms with Crippen LogP contribution in [0.15, 0.2) is 24.3 Å². The summed E-state index contributed by atoms with van der Waals surface area (Å²) in [6.07, 6.45) is -1.68.